The first-order valence-electron chi connectivity index (χ1n) is 10.3. The Hall–Kier alpha value is -1.69. The van der Waals surface area contributed by atoms with Gasteiger partial charge >= 0.3 is 0 Å². The van der Waals surface area contributed by atoms with Gasteiger partial charge in [-0.05, 0) is 64.4 Å². The molecule has 4 heterocycles. The van der Waals surface area contributed by atoms with Crippen molar-refractivity contribution in [2.24, 2.45) is 5.92 Å². The third-order valence-corrected chi connectivity index (χ3v) is 7.40. The standard InChI is InChI=1S/C21H30N4OS/c1-13-8-11-24(12-9-13)19-17-15(3)18(27-20(17)23-16(4)22-19)21(26)25-10-6-5-7-14(25)2/h13-14H,5-12H2,1-4H3. The summed E-state index contributed by atoms with van der Waals surface area (Å²) in [6.45, 7) is 11.5. The summed E-state index contributed by atoms with van der Waals surface area (Å²) in [6.07, 6.45) is 5.83. The van der Waals surface area contributed by atoms with Crippen molar-refractivity contribution < 1.29 is 4.79 Å². The molecule has 1 atom stereocenters. The first kappa shape index (κ1) is 18.7. The highest BCUT2D eigenvalue weighted by Gasteiger charge is 2.29. The van der Waals surface area contributed by atoms with Crippen LogP contribution in [0.25, 0.3) is 10.2 Å². The number of hydrogen-bond acceptors (Lipinski definition) is 5. The van der Waals surface area contributed by atoms with Crippen LogP contribution in [0.4, 0.5) is 5.82 Å². The van der Waals surface area contributed by atoms with Crippen LogP contribution in [-0.4, -0.2) is 46.5 Å². The Labute approximate surface area is 165 Å². The predicted octanol–water partition coefficient (Wildman–Crippen LogP) is 4.56. The summed E-state index contributed by atoms with van der Waals surface area (Å²) < 4.78 is 0. The molecule has 5 nitrogen and oxygen atoms in total. The number of nitrogens with zero attached hydrogens (tertiary/aromatic N) is 4. The van der Waals surface area contributed by atoms with Crippen molar-refractivity contribution in [3.63, 3.8) is 0 Å². The predicted molar refractivity (Wildman–Crippen MR) is 112 cm³/mol. The number of carbonyl (C=O) groups excluding carboxylic acids is 1. The van der Waals surface area contributed by atoms with Crippen LogP contribution in [0.3, 0.4) is 0 Å². The van der Waals surface area contributed by atoms with Crippen molar-refractivity contribution in [1.29, 1.82) is 0 Å². The van der Waals surface area contributed by atoms with Gasteiger partial charge in [0.1, 0.15) is 16.5 Å². The average molecular weight is 387 g/mol. The third-order valence-electron chi connectivity index (χ3n) is 6.22. The number of aromatic nitrogens is 2. The molecule has 146 valence electrons. The number of carbonyl (C=O) groups is 1. The van der Waals surface area contributed by atoms with Gasteiger partial charge in [0, 0.05) is 25.7 Å². The van der Waals surface area contributed by atoms with E-state index in [4.69, 9.17) is 4.98 Å². The number of amides is 1. The Morgan fingerprint density at radius 2 is 1.78 bits per heavy atom. The molecule has 2 fully saturated rings. The Kier molecular flexibility index (Phi) is 5.10. The monoisotopic (exact) mass is 386 g/mol. The number of likely N-dealkylation sites (tertiary alicyclic amines) is 1. The van der Waals surface area contributed by atoms with Crippen molar-refractivity contribution in [3.05, 3.63) is 16.3 Å². The molecule has 1 unspecified atom stereocenters. The normalized spacial score (nSPS) is 21.9. The summed E-state index contributed by atoms with van der Waals surface area (Å²) in [6, 6.07) is 0.326. The molecule has 2 saturated heterocycles. The van der Waals surface area contributed by atoms with Crippen molar-refractivity contribution in [2.75, 3.05) is 24.5 Å². The molecule has 0 radical (unpaired) electrons. The van der Waals surface area contributed by atoms with E-state index in [0.717, 1.165) is 70.7 Å². The van der Waals surface area contributed by atoms with Crippen LogP contribution >= 0.6 is 11.3 Å². The number of hydrogen-bond donors (Lipinski definition) is 0. The van der Waals surface area contributed by atoms with Gasteiger partial charge in [0.15, 0.2) is 0 Å². The fourth-order valence-electron chi connectivity index (χ4n) is 4.40. The second-order valence-corrected chi connectivity index (χ2v) is 9.34. The van der Waals surface area contributed by atoms with E-state index in [9.17, 15) is 4.79 Å². The highest BCUT2D eigenvalue weighted by Crippen LogP contribution is 2.38. The zero-order valence-electron chi connectivity index (χ0n) is 16.9. The molecule has 2 aromatic heterocycles. The molecular formula is C21H30N4OS. The van der Waals surface area contributed by atoms with Crippen LogP contribution in [0, 0.1) is 19.8 Å². The molecule has 0 bridgehead atoms. The van der Waals surface area contributed by atoms with E-state index >= 15 is 0 Å². The minimum Gasteiger partial charge on any atom is -0.356 e. The van der Waals surface area contributed by atoms with Crippen molar-refractivity contribution in [2.45, 2.75) is 65.8 Å². The summed E-state index contributed by atoms with van der Waals surface area (Å²) in [5, 5.41) is 1.09. The van der Waals surface area contributed by atoms with Crippen LogP contribution in [0.2, 0.25) is 0 Å². The van der Waals surface area contributed by atoms with Gasteiger partial charge in [-0.25, -0.2) is 9.97 Å². The molecule has 2 aliphatic rings. The maximum Gasteiger partial charge on any atom is 0.264 e. The Morgan fingerprint density at radius 1 is 1.04 bits per heavy atom. The highest BCUT2D eigenvalue weighted by atomic mass is 32.1. The fraction of sp³-hybridized carbons (Fsp3) is 0.667. The summed E-state index contributed by atoms with van der Waals surface area (Å²) in [7, 11) is 0. The van der Waals surface area contributed by atoms with Gasteiger partial charge in [0.05, 0.1) is 10.3 Å². The Bertz CT molecular complexity index is 853. The van der Waals surface area contributed by atoms with Crippen LogP contribution in [0.5, 0.6) is 0 Å². The lowest BCUT2D eigenvalue weighted by Gasteiger charge is -2.33. The van der Waals surface area contributed by atoms with Crippen LogP contribution in [0.15, 0.2) is 0 Å². The molecule has 27 heavy (non-hydrogen) atoms. The smallest absolute Gasteiger partial charge is 0.264 e. The number of aryl methyl sites for hydroxylation is 2. The van der Waals surface area contributed by atoms with E-state index in [1.807, 2.05) is 6.92 Å². The van der Waals surface area contributed by atoms with E-state index in [2.05, 4.69) is 35.6 Å². The summed E-state index contributed by atoms with van der Waals surface area (Å²) >= 11 is 1.55. The van der Waals surface area contributed by atoms with Crippen LogP contribution in [-0.2, 0) is 0 Å². The molecule has 0 aliphatic carbocycles. The number of piperidine rings is 2. The average Bonchev–Trinajstić information content (AvgIpc) is 2.98. The first-order chi connectivity index (χ1) is 13.0. The summed E-state index contributed by atoms with van der Waals surface area (Å²) in [5.41, 5.74) is 1.06. The van der Waals surface area contributed by atoms with Gasteiger partial charge in [-0.2, -0.15) is 0 Å². The quantitative estimate of drug-likeness (QED) is 0.759. The largest absolute Gasteiger partial charge is 0.356 e. The van der Waals surface area contributed by atoms with Gasteiger partial charge in [0.2, 0.25) is 0 Å². The van der Waals surface area contributed by atoms with E-state index < -0.39 is 0 Å². The molecule has 2 aromatic rings. The first-order valence-corrected chi connectivity index (χ1v) is 11.1. The second kappa shape index (κ2) is 7.38. The SMILES string of the molecule is Cc1nc(N2CCC(C)CC2)c2c(C)c(C(=O)N3CCCCC3C)sc2n1. The number of fused-ring (bicyclic) bond motifs is 1. The molecule has 0 saturated carbocycles. The minimum atomic E-state index is 0.179. The lowest BCUT2D eigenvalue weighted by atomic mass is 9.99. The molecule has 2 aliphatic heterocycles. The topological polar surface area (TPSA) is 49.3 Å². The van der Waals surface area contributed by atoms with Crippen molar-refractivity contribution in [1.82, 2.24) is 14.9 Å². The van der Waals surface area contributed by atoms with E-state index in [1.165, 1.54) is 19.3 Å². The maximum atomic E-state index is 13.3. The number of anilines is 1. The molecular weight excluding hydrogens is 356 g/mol. The zero-order valence-corrected chi connectivity index (χ0v) is 17.7. The lowest BCUT2D eigenvalue weighted by molar-refractivity contribution is 0.0640. The highest BCUT2D eigenvalue weighted by molar-refractivity contribution is 7.20. The summed E-state index contributed by atoms with van der Waals surface area (Å²) in [5.74, 6) is 2.78. The molecule has 4 rings (SSSR count). The van der Waals surface area contributed by atoms with Crippen molar-refractivity contribution >= 4 is 33.3 Å². The zero-order chi connectivity index (χ0) is 19.1. The van der Waals surface area contributed by atoms with Gasteiger partial charge in [-0.1, -0.05) is 6.92 Å². The second-order valence-electron chi connectivity index (χ2n) is 8.34. The maximum absolute atomic E-state index is 13.3. The molecule has 0 N–H and O–H groups in total. The molecule has 0 spiro atoms. The third kappa shape index (κ3) is 3.44. The van der Waals surface area contributed by atoms with Crippen LogP contribution in [0.1, 0.15) is 67.0 Å². The lowest BCUT2D eigenvalue weighted by Crippen LogP contribution is -2.41. The van der Waals surface area contributed by atoms with Crippen LogP contribution < -0.4 is 4.90 Å². The van der Waals surface area contributed by atoms with Gasteiger partial charge in [-0.15, -0.1) is 11.3 Å². The Morgan fingerprint density at radius 3 is 2.48 bits per heavy atom. The van der Waals surface area contributed by atoms with Gasteiger partial charge in [-0.3, -0.25) is 4.79 Å². The van der Waals surface area contributed by atoms with Gasteiger partial charge < -0.3 is 9.80 Å². The fourth-order valence-corrected chi connectivity index (χ4v) is 5.58. The summed E-state index contributed by atoms with van der Waals surface area (Å²) in [4.78, 5) is 29.1. The number of rotatable bonds is 2. The van der Waals surface area contributed by atoms with E-state index in [0.29, 0.717) is 6.04 Å². The number of thiophene rings is 1. The molecule has 1 amide bonds. The molecule has 6 heteroatoms. The van der Waals surface area contributed by atoms with E-state index in [1.54, 1.807) is 11.3 Å². The molecule has 0 aromatic carbocycles. The Balaban J connectivity index is 1.75. The minimum absolute atomic E-state index is 0.179. The van der Waals surface area contributed by atoms with E-state index in [-0.39, 0.29) is 5.91 Å². The van der Waals surface area contributed by atoms with Crippen molar-refractivity contribution in [3.8, 4) is 0 Å². The van der Waals surface area contributed by atoms with Gasteiger partial charge in [0.25, 0.3) is 5.91 Å².